The smallest absolute Gasteiger partial charge is 0.256 e. The number of carbonyl (C=O) groups excluding carboxylic acids is 2. The zero-order valence-corrected chi connectivity index (χ0v) is 12.0. The second-order valence-electron chi connectivity index (χ2n) is 6.02. The second kappa shape index (κ2) is 5.08. The van der Waals surface area contributed by atoms with Gasteiger partial charge in [-0.05, 0) is 45.4 Å². The fourth-order valence-electron chi connectivity index (χ4n) is 3.04. The molecule has 0 aromatic heterocycles. The van der Waals surface area contributed by atoms with E-state index in [-0.39, 0.29) is 18.4 Å². The van der Waals surface area contributed by atoms with Gasteiger partial charge in [-0.25, -0.2) is 0 Å². The summed E-state index contributed by atoms with van der Waals surface area (Å²) in [6.07, 6.45) is 4.46. The van der Waals surface area contributed by atoms with Gasteiger partial charge in [0.1, 0.15) is 0 Å². The number of nitrogens with zero attached hydrogens (tertiary/aromatic N) is 1. The van der Waals surface area contributed by atoms with Gasteiger partial charge >= 0.3 is 0 Å². The van der Waals surface area contributed by atoms with Crippen LogP contribution in [0.2, 0.25) is 0 Å². The minimum atomic E-state index is -0.887. The minimum Gasteiger partial charge on any atom is -0.388 e. The highest BCUT2D eigenvalue weighted by Crippen LogP contribution is 2.35. The Labute approximate surface area is 114 Å². The van der Waals surface area contributed by atoms with Gasteiger partial charge < -0.3 is 5.11 Å². The number of β-amino-alcohol motifs (C(OH)–C–C–N with tert-alkyl or cyclic N) is 1. The van der Waals surface area contributed by atoms with E-state index in [9.17, 15) is 14.7 Å². The molecule has 1 fully saturated rings. The van der Waals surface area contributed by atoms with Crippen LogP contribution in [0.3, 0.4) is 0 Å². The number of amides is 2. The summed E-state index contributed by atoms with van der Waals surface area (Å²) in [5.74, 6) is 0.189. The van der Waals surface area contributed by atoms with Gasteiger partial charge in [0.25, 0.3) is 11.8 Å². The normalized spacial score (nSPS) is 32.4. The molecule has 1 N–H and O–H groups in total. The van der Waals surface area contributed by atoms with Gasteiger partial charge in [0.2, 0.25) is 0 Å². The van der Waals surface area contributed by atoms with Crippen LogP contribution in [-0.2, 0) is 9.59 Å². The molecule has 1 saturated carbocycles. The van der Waals surface area contributed by atoms with Gasteiger partial charge in [0.15, 0.2) is 0 Å². The molecular formula is C15H23NO3. The van der Waals surface area contributed by atoms with Crippen LogP contribution in [-0.4, -0.2) is 34.0 Å². The minimum absolute atomic E-state index is 0.149. The van der Waals surface area contributed by atoms with Crippen molar-refractivity contribution >= 4 is 11.8 Å². The van der Waals surface area contributed by atoms with E-state index in [1.165, 1.54) is 4.90 Å². The predicted octanol–water partition coefficient (Wildman–Crippen LogP) is 2.02. The SMILES string of the molecule is CCC1CCC(O)(CN2C(=O)C(C)=C(C)C2=O)CC1. The molecule has 0 saturated heterocycles. The molecule has 4 heteroatoms. The molecule has 2 amide bonds. The first kappa shape index (κ1) is 14.3. The zero-order valence-electron chi connectivity index (χ0n) is 12.0. The lowest BCUT2D eigenvalue weighted by molar-refractivity contribution is -0.143. The standard InChI is InChI=1S/C15H23NO3/c1-4-12-5-7-15(19,8-6-12)9-16-13(17)10(2)11(3)14(16)18/h12,19H,4-9H2,1-3H3. The first-order chi connectivity index (χ1) is 8.88. The van der Waals surface area contributed by atoms with Crippen molar-refractivity contribution in [1.82, 2.24) is 4.90 Å². The van der Waals surface area contributed by atoms with Crippen LogP contribution in [0.4, 0.5) is 0 Å². The van der Waals surface area contributed by atoms with Gasteiger partial charge in [-0.3, -0.25) is 14.5 Å². The molecule has 0 aromatic carbocycles. The summed E-state index contributed by atoms with van der Waals surface area (Å²) >= 11 is 0. The third-order valence-corrected chi connectivity index (χ3v) is 4.76. The number of hydrogen-bond acceptors (Lipinski definition) is 3. The first-order valence-electron chi connectivity index (χ1n) is 7.14. The van der Waals surface area contributed by atoms with E-state index in [2.05, 4.69) is 6.92 Å². The largest absolute Gasteiger partial charge is 0.388 e. The Morgan fingerprint density at radius 3 is 2.05 bits per heavy atom. The summed E-state index contributed by atoms with van der Waals surface area (Å²) in [6.45, 7) is 5.66. The fourth-order valence-corrected chi connectivity index (χ4v) is 3.04. The van der Waals surface area contributed by atoms with Crippen molar-refractivity contribution < 1.29 is 14.7 Å². The Hall–Kier alpha value is -1.16. The van der Waals surface area contributed by atoms with Crippen molar-refractivity contribution in [3.05, 3.63) is 11.1 Å². The molecular weight excluding hydrogens is 242 g/mol. The molecule has 4 nitrogen and oxygen atoms in total. The summed E-state index contributed by atoms with van der Waals surface area (Å²) < 4.78 is 0. The number of aliphatic hydroxyl groups is 1. The lowest BCUT2D eigenvalue weighted by Crippen LogP contribution is -2.48. The van der Waals surface area contributed by atoms with E-state index in [1.54, 1.807) is 13.8 Å². The van der Waals surface area contributed by atoms with E-state index in [1.807, 2.05) is 0 Å². The monoisotopic (exact) mass is 265 g/mol. The number of imide groups is 1. The molecule has 106 valence electrons. The van der Waals surface area contributed by atoms with Crippen molar-refractivity contribution in [1.29, 1.82) is 0 Å². The van der Waals surface area contributed by atoms with E-state index in [0.29, 0.717) is 29.9 Å². The van der Waals surface area contributed by atoms with Crippen LogP contribution in [0.5, 0.6) is 0 Å². The molecule has 0 bridgehead atoms. The lowest BCUT2D eigenvalue weighted by atomic mass is 9.77. The molecule has 0 spiro atoms. The summed E-state index contributed by atoms with van der Waals surface area (Å²) in [4.78, 5) is 25.2. The molecule has 0 radical (unpaired) electrons. The number of rotatable bonds is 3. The van der Waals surface area contributed by atoms with E-state index in [4.69, 9.17) is 0 Å². The van der Waals surface area contributed by atoms with Crippen LogP contribution in [0.1, 0.15) is 52.9 Å². The molecule has 1 aliphatic heterocycles. The average molecular weight is 265 g/mol. The highest BCUT2D eigenvalue weighted by molar-refractivity contribution is 6.18. The molecule has 0 aromatic rings. The average Bonchev–Trinajstić information content (AvgIpc) is 2.57. The van der Waals surface area contributed by atoms with Crippen LogP contribution >= 0.6 is 0 Å². The summed E-state index contributed by atoms with van der Waals surface area (Å²) in [5.41, 5.74) is 0.133. The third kappa shape index (κ3) is 2.59. The maximum absolute atomic E-state index is 12.0. The Morgan fingerprint density at radius 2 is 1.63 bits per heavy atom. The molecule has 19 heavy (non-hydrogen) atoms. The Bertz CT molecular complexity index is 407. The fraction of sp³-hybridized carbons (Fsp3) is 0.733. The summed E-state index contributed by atoms with van der Waals surface area (Å²) in [7, 11) is 0. The van der Waals surface area contributed by atoms with Crippen molar-refractivity contribution in [3.63, 3.8) is 0 Å². The van der Waals surface area contributed by atoms with Gasteiger partial charge in [-0.2, -0.15) is 0 Å². The lowest BCUT2D eigenvalue weighted by Gasteiger charge is -2.37. The Kier molecular flexibility index (Phi) is 3.81. The maximum Gasteiger partial charge on any atom is 0.256 e. The molecule has 1 heterocycles. The van der Waals surface area contributed by atoms with Crippen LogP contribution in [0, 0.1) is 5.92 Å². The Balaban J connectivity index is 2.03. The van der Waals surface area contributed by atoms with E-state index < -0.39 is 5.60 Å². The van der Waals surface area contributed by atoms with Gasteiger partial charge in [-0.15, -0.1) is 0 Å². The van der Waals surface area contributed by atoms with Gasteiger partial charge in [0.05, 0.1) is 12.1 Å². The Morgan fingerprint density at radius 1 is 1.16 bits per heavy atom. The molecule has 2 aliphatic rings. The highest BCUT2D eigenvalue weighted by Gasteiger charge is 2.41. The van der Waals surface area contributed by atoms with Crippen LogP contribution in [0.25, 0.3) is 0 Å². The van der Waals surface area contributed by atoms with E-state index in [0.717, 1.165) is 19.3 Å². The first-order valence-corrected chi connectivity index (χ1v) is 7.14. The molecule has 1 aliphatic carbocycles. The van der Waals surface area contributed by atoms with Crippen molar-refractivity contribution in [2.24, 2.45) is 5.92 Å². The van der Waals surface area contributed by atoms with Gasteiger partial charge in [-0.1, -0.05) is 13.3 Å². The number of hydrogen-bond donors (Lipinski definition) is 1. The summed E-state index contributed by atoms with van der Waals surface area (Å²) in [6, 6.07) is 0. The number of carbonyl (C=O) groups is 2. The quantitative estimate of drug-likeness (QED) is 0.794. The highest BCUT2D eigenvalue weighted by atomic mass is 16.3. The third-order valence-electron chi connectivity index (χ3n) is 4.76. The van der Waals surface area contributed by atoms with Crippen molar-refractivity contribution in [2.75, 3.05) is 6.54 Å². The van der Waals surface area contributed by atoms with Crippen molar-refractivity contribution in [2.45, 2.75) is 58.5 Å². The van der Waals surface area contributed by atoms with E-state index >= 15 is 0 Å². The molecule has 0 unspecified atom stereocenters. The maximum atomic E-state index is 12.0. The van der Waals surface area contributed by atoms with Crippen LogP contribution < -0.4 is 0 Å². The predicted molar refractivity (Wildman–Crippen MR) is 72.3 cm³/mol. The molecule has 2 rings (SSSR count). The summed E-state index contributed by atoms with van der Waals surface area (Å²) in [5, 5.41) is 10.6. The van der Waals surface area contributed by atoms with Crippen molar-refractivity contribution in [3.8, 4) is 0 Å². The second-order valence-corrected chi connectivity index (χ2v) is 6.02. The van der Waals surface area contributed by atoms with Crippen LogP contribution in [0.15, 0.2) is 11.1 Å². The molecule has 0 atom stereocenters. The zero-order chi connectivity index (χ0) is 14.2. The van der Waals surface area contributed by atoms with Gasteiger partial charge in [0, 0.05) is 11.1 Å². The topological polar surface area (TPSA) is 57.6 Å².